The van der Waals surface area contributed by atoms with Gasteiger partial charge in [0.2, 0.25) is 0 Å². The molecular formula is C7H6K2NO+. The Bertz CT molecular complexity index is 210. The average molecular weight is 198 g/mol. The van der Waals surface area contributed by atoms with Crippen molar-refractivity contribution >= 4 is 12.0 Å². The van der Waals surface area contributed by atoms with Gasteiger partial charge in [-0.3, -0.25) is 4.79 Å². The van der Waals surface area contributed by atoms with E-state index in [0.717, 1.165) is 6.29 Å². The van der Waals surface area contributed by atoms with E-state index >= 15 is 0 Å². The van der Waals surface area contributed by atoms with E-state index in [4.69, 9.17) is 5.73 Å². The van der Waals surface area contributed by atoms with E-state index in [0.29, 0.717) is 11.3 Å². The Morgan fingerprint density at radius 1 is 1.09 bits per heavy atom. The summed E-state index contributed by atoms with van der Waals surface area (Å²) in [6.07, 6.45) is 0.763. The number of carbonyl (C=O) groups excluding carboxylic acids is 1. The number of carbonyl (C=O) groups is 1. The van der Waals surface area contributed by atoms with Crippen molar-refractivity contribution in [3.63, 3.8) is 0 Å². The van der Waals surface area contributed by atoms with E-state index in [1.165, 1.54) is 0 Å². The Hall–Kier alpha value is 1.96. The third-order valence-corrected chi connectivity index (χ3v) is 1.05. The Morgan fingerprint density at radius 2 is 1.55 bits per heavy atom. The molecule has 0 aliphatic heterocycles. The van der Waals surface area contributed by atoms with Crippen LogP contribution in [-0.4, -0.2) is 6.29 Å². The van der Waals surface area contributed by atoms with Gasteiger partial charge in [-0.05, 0) is 0 Å². The summed E-state index contributed by atoms with van der Waals surface area (Å²) in [5.74, 6) is 0. The molecule has 0 fully saturated rings. The van der Waals surface area contributed by atoms with Crippen LogP contribution in [0.1, 0.15) is 10.4 Å². The molecule has 0 saturated carbocycles. The molecule has 0 amide bonds. The minimum Gasteiger partial charge on any atom is -0.699 e. The Morgan fingerprint density at radius 3 is 1.91 bits per heavy atom. The van der Waals surface area contributed by atoms with Crippen molar-refractivity contribution in [3.05, 3.63) is 35.6 Å². The fourth-order valence-corrected chi connectivity index (χ4v) is 0.562. The monoisotopic (exact) mass is 198 g/mol. The fraction of sp³-hybridized carbons (Fsp3) is 0. The summed E-state index contributed by atoms with van der Waals surface area (Å²) in [5, 5.41) is 0. The number of hydrogen-bond donors (Lipinski definition) is 0. The van der Waals surface area contributed by atoms with Gasteiger partial charge in [-0.25, -0.2) is 0 Å². The van der Waals surface area contributed by atoms with Crippen LogP contribution in [0.5, 0.6) is 0 Å². The summed E-state index contributed by atoms with van der Waals surface area (Å²) in [7, 11) is 0. The van der Waals surface area contributed by atoms with Crippen molar-refractivity contribution in [3.8, 4) is 0 Å². The minimum absolute atomic E-state index is 0. The van der Waals surface area contributed by atoms with Crippen molar-refractivity contribution in [1.29, 1.82) is 0 Å². The third-order valence-electron chi connectivity index (χ3n) is 1.05. The molecule has 0 aliphatic carbocycles. The molecular weight excluding hydrogens is 192 g/mol. The molecule has 0 aromatic heterocycles. The first-order valence-electron chi connectivity index (χ1n) is 2.60. The standard InChI is InChI=1S/C7H7NO.2K/c8-7-3-1-6(5-9)2-4-7;;/h1-5H,(H2,8,9);;/q;2*+1/p-1. The van der Waals surface area contributed by atoms with Crippen molar-refractivity contribution in [1.82, 2.24) is 0 Å². The summed E-state index contributed by atoms with van der Waals surface area (Å²) < 4.78 is 0. The SMILES string of the molecule is [K+].[K+].[NH-]c1ccc(C=O)cc1. The quantitative estimate of drug-likeness (QED) is 0.337. The first-order valence-corrected chi connectivity index (χ1v) is 2.60. The maximum Gasteiger partial charge on any atom is 1.00 e. The smallest absolute Gasteiger partial charge is 0.699 e. The second-order valence-electron chi connectivity index (χ2n) is 1.74. The van der Waals surface area contributed by atoms with Gasteiger partial charge >= 0.3 is 103 Å². The van der Waals surface area contributed by atoms with Gasteiger partial charge < -0.3 is 5.73 Å². The van der Waals surface area contributed by atoms with Gasteiger partial charge in [-0.1, -0.05) is 24.3 Å². The Balaban J connectivity index is 0. The molecule has 4 heteroatoms. The summed E-state index contributed by atoms with van der Waals surface area (Å²) in [5.41, 5.74) is 8.10. The summed E-state index contributed by atoms with van der Waals surface area (Å²) in [6.45, 7) is 0. The van der Waals surface area contributed by atoms with Gasteiger partial charge in [-0.2, -0.15) is 0 Å². The van der Waals surface area contributed by atoms with E-state index in [1.54, 1.807) is 24.3 Å². The van der Waals surface area contributed by atoms with Crippen LogP contribution in [0.25, 0.3) is 5.73 Å². The third kappa shape index (κ3) is 6.09. The van der Waals surface area contributed by atoms with Crippen LogP contribution in [0.15, 0.2) is 24.3 Å². The van der Waals surface area contributed by atoms with Gasteiger partial charge in [0.1, 0.15) is 6.29 Å². The zero-order valence-electron chi connectivity index (χ0n) is 6.79. The summed E-state index contributed by atoms with van der Waals surface area (Å²) >= 11 is 0. The van der Waals surface area contributed by atoms with Crippen LogP contribution in [0, 0.1) is 0 Å². The first-order chi connectivity index (χ1) is 4.33. The zero-order chi connectivity index (χ0) is 6.69. The van der Waals surface area contributed by atoms with Crippen LogP contribution >= 0.6 is 0 Å². The van der Waals surface area contributed by atoms with E-state index in [-0.39, 0.29) is 103 Å². The maximum absolute atomic E-state index is 10.1. The Labute approximate surface area is 151 Å². The molecule has 11 heavy (non-hydrogen) atoms. The predicted molar refractivity (Wildman–Crippen MR) is 35.8 cm³/mol. The number of hydrogen-bond acceptors (Lipinski definition) is 1. The topological polar surface area (TPSA) is 40.9 Å². The molecule has 0 saturated heterocycles. The zero-order valence-corrected chi connectivity index (χ0v) is 13.0. The molecule has 1 N–H and O–H groups in total. The molecule has 0 spiro atoms. The molecule has 0 bridgehead atoms. The van der Waals surface area contributed by atoms with Gasteiger partial charge in [0.15, 0.2) is 0 Å². The van der Waals surface area contributed by atoms with Gasteiger partial charge in [0, 0.05) is 5.56 Å². The second kappa shape index (κ2) is 8.56. The first kappa shape index (κ1) is 15.4. The molecule has 2 nitrogen and oxygen atoms in total. The van der Waals surface area contributed by atoms with Crippen LogP contribution in [0.4, 0.5) is 5.69 Å². The molecule has 1 aromatic rings. The minimum atomic E-state index is 0. The van der Waals surface area contributed by atoms with E-state index in [1.807, 2.05) is 0 Å². The average Bonchev–Trinajstić information content (AvgIpc) is 1.90. The molecule has 0 atom stereocenters. The normalized spacial score (nSPS) is 7.27. The molecule has 0 heterocycles. The van der Waals surface area contributed by atoms with Crippen molar-refractivity contribution in [2.45, 2.75) is 0 Å². The van der Waals surface area contributed by atoms with Crippen LogP contribution in [0.2, 0.25) is 0 Å². The van der Waals surface area contributed by atoms with E-state index in [9.17, 15) is 4.79 Å². The second-order valence-corrected chi connectivity index (χ2v) is 1.74. The largest absolute Gasteiger partial charge is 1.00 e. The molecule has 0 aliphatic rings. The van der Waals surface area contributed by atoms with Crippen LogP contribution < -0.4 is 103 Å². The van der Waals surface area contributed by atoms with Crippen LogP contribution in [-0.2, 0) is 0 Å². The predicted octanol–water partition coefficient (Wildman–Crippen LogP) is -3.81. The molecule has 1 aromatic carbocycles. The van der Waals surface area contributed by atoms with Crippen molar-refractivity contribution in [2.24, 2.45) is 0 Å². The fourth-order valence-electron chi connectivity index (χ4n) is 0.562. The van der Waals surface area contributed by atoms with Gasteiger partial charge in [0.25, 0.3) is 0 Å². The summed E-state index contributed by atoms with van der Waals surface area (Å²) in [4.78, 5) is 10.1. The Kier molecular flexibility index (Phi) is 12.0. The van der Waals surface area contributed by atoms with Gasteiger partial charge in [0.05, 0.1) is 0 Å². The molecule has 1 rings (SSSR count). The maximum atomic E-state index is 10.1. The summed E-state index contributed by atoms with van der Waals surface area (Å²) in [6, 6.07) is 6.41. The number of benzene rings is 1. The molecule has 0 unspecified atom stereocenters. The number of nitrogens with one attached hydrogen (secondary N) is 1. The van der Waals surface area contributed by atoms with E-state index in [2.05, 4.69) is 0 Å². The number of rotatable bonds is 1. The van der Waals surface area contributed by atoms with Crippen LogP contribution in [0.3, 0.4) is 0 Å². The number of aldehydes is 1. The van der Waals surface area contributed by atoms with E-state index < -0.39 is 0 Å². The van der Waals surface area contributed by atoms with Crippen molar-refractivity contribution in [2.75, 3.05) is 0 Å². The molecule has 46 valence electrons. The molecule has 0 radical (unpaired) electrons. The van der Waals surface area contributed by atoms with Gasteiger partial charge in [-0.15, -0.1) is 5.69 Å². The van der Waals surface area contributed by atoms with Crippen molar-refractivity contribution < 1.29 is 108 Å².